The molecule has 1 aliphatic heterocycles. The van der Waals surface area contributed by atoms with Crippen molar-refractivity contribution in [2.75, 3.05) is 0 Å². The Labute approximate surface area is 68.6 Å². The Morgan fingerprint density at radius 3 is 2.92 bits per heavy atom. The maximum absolute atomic E-state index is 10.7. The van der Waals surface area contributed by atoms with E-state index >= 15 is 0 Å². The van der Waals surface area contributed by atoms with Crippen molar-refractivity contribution in [1.29, 1.82) is 0 Å². The lowest BCUT2D eigenvalue weighted by atomic mass is 9.95. The van der Waals surface area contributed by atoms with Crippen LogP contribution in [0.5, 0.6) is 0 Å². The van der Waals surface area contributed by atoms with Gasteiger partial charge in [0.1, 0.15) is 12.2 Å². The minimum atomic E-state index is -1.03. The normalized spacial score (nSPS) is 45.0. The van der Waals surface area contributed by atoms with Crippen LogP contribution in [0.3, 0.4) is 0 Å². The number of carbonyl (C=O) groups is 1. The summed E-state index contributed by atoms with van der Waals surface area (Å²) >= 11 is 0. The van der Waals surface area contributed by atoms with Gasteiger partial charge in [-0.15, -0.1) is 0 Å². The monoisotopic (exact) mass is 171 g/mol. The molecule has 12 heavy (non-hydrogen) atoms. The van der Waals surface area contributed by atoms with Crippen LogP contribution in [0, 0.1) is 0 Å². The first-order chi connectivity index (χ1) is 5.68. The summed E-state index contributed by atoms with van der Waals surface area (Å²) in [4.78, 5) is 10.7. The number of aliphatic hydroxyl groups is 2. The van der Waals surface area contributed by atoms with Crippen molar-refractivity contribution in [1.82, 2.24) is 5.32 Å². The average Bonchev–Trinajstić information content (AvgIpc) is 2.39. The summed E-state index contributed by atoms with van der Waals surface area (Å²) in [6, 6.07) is -0.309. The van der Waals surface area contributed by atoms with Gasteiger partial charge in [0, 0.05) is 0 Å². The van der Waals surface area contributed by atoms with Gasteiger partial charge in [0.2, 0.25) is 0 Å². The highest BCUT2D eigenvalue weighted by molar-refractivity contribution is 5.71. The van der Waals surface area contributed by atoms with E-state index in [0.29, 0.717) is 0 Å². The lowest BCUT2D eigenvalue weighted by Crippen LogP contribution is -2.46. The molecule has 1 fully saturated rings. The molecule has 1 heterocycles. The lowest BCUT2D eigenvalue weighted by molar-refractivity contribution is -0.0402. The zero-order valence-electron chi connectivity index (χ0n) is 6.18. The van der Waals surface area contributed by atoms with Gasteiger partial charge in [-0.2, -0.15) is 0 Å². The highest BCUT2D eigenvalue weighted by atomic mass is 16.6. The zero-order chi connectivity index (χ0) is 8.72. The van der Waals surface area contributed by atoms with Crippen LogP contribution in [-0.4, -0.2) is 40.7 Å². The molecule has 3 N–H and O–H groups in total. The van der Waals surface area contributed by atoms with Gasteiger partial charge in [0.15, 0.2) is 6.10 Å². The average molecular weight is 171 g/mol. The Hall–Kier alpha value is -1.07. The van der Waals surface area contributed by atoms with Crippen molar-refractivity contribution < 1.29 is 19.7 Å². The molecule has 2 rings (SSSR count). The minimum absolute atomic E-state index is 0.309. The van der Waals surface area contributed by atoms with E-state index in [1.54, 1.807) is 6.08 Å². The molecule has 1 amide bonds. The predicted octanol–water partition coefficient (Wildman–Crippen LogP) is -1.25. The SMILES string of the molecule is O=C1N[C@H]2C=C[C@H](O)[C@H](O)[C@H]2O1. The number of hydrogen-bond acceptors (Lipinski definition) is 4. The van der Waals surface area contributed by atoms with Gasteiger partial charge in [-0.3, -0.25) is 0 Å². The van der Waals surface area contributed by atoms with Gasteiger partial charge in [0.05, 0.1) is 6.04 Å². The van der Waals surface area contributed by atoms with Crippen LogP contribution >= 0.6 is 0 Å². The third-order valence-electron chi connectivity index (χ3n) is 2.08. The first-order valence-corrected chi connectivity index (χ1v) is 3.70. The first-order valence-electron chi connectivity index (χ1n) is 3.70. The number of alkyl carbamates (subject to hydrolysis) is 1. The van der Waals surface area contributed by atoms with Crippen molar-refractivity contribution >= 4 is 6.09 Å². The summed E-state index contributed by atoms with van der Waals surface area (Å²) in [6.45, 7) is 0. The molecule has 0 radical (unpaired) electrons. The standard InChI is InChI=1S/C7H9NO4/c9-4-2-1-3-6(5(4)10)12-7(11)8-3/h1-6,9-10H,(H,8,11)/t3-,4-,5-,6-/m0/s1. The largest absolute Gasteiger partial charge is 0.441 e. The molecule has 0 aromatic carbocycles. The summed E-state index contributed by atoms with van der Waals surface area (Å²) in [5.74, 6) is 0. The van der Waals surface area contributed by atoms with E-state index in [1.807, 2.05) is 0 Å². The quantitative estimate of drug-likeness (QED) is 0.398. The number of nitrogens with one attached hydrogen (secondary N) is 1. The molecule has 5 nitrogen and oxygen atoms in total. The first kappa shape index (κ1) is 7.57. The van der Waals surface area contributed by atoms with Crippen LogP contribution in [0.4, 0.5) is 4.79 Å². The highest BCUT2D eigenvalue weighted by Gasteiger charge is 2.42. The van der Waals surface area contributed by atoms with Crippen molar-refractivity contribution in [2.45, 2.75) is 24.4 Å². The fourth-order valence-corrected chi connectivity index (χ4v) is 1.43. The summed E-state index contributed by atoms with van der Waals surface area (Å²) in [7, 11) is 0. The van der Waals surface area contributed by atoms with E-state index in [1.165, 1.54) is 6.08 Å². The van der Waals surface area contributed by atoms with Gasteiger partial charge < -0.3 is 20.3 Å². The van der Waals surface area contributed by atoms with Gasteiger partial charge in [0.25, 0.3) is 0 Å². The summed E-state index contributed by atoms with van der Waals surface area (Å²) in [5.41, 5.74) is 0. The van der Waals surface area contributed by atoms with Crippen LogP contribution in [0.1, 0.15) is 0 Å². The number of rotatable bonds is 0. The lowest BCUT2D eigenvalue weighted by Gasteiger charge is -2.26. The van der Waals surface area contributed by atoms with Crippen molar-refractivity contribution in [3.8, 4) is 0 Å². The zero-order valence-corrected chi connectivity index (χ0v) is 6.18. The summed E-state index contributed by atoms with van der Waals surface area (Å²) in [5, 5.41) is 21.0. The smallest absolute Gasteiger partial charge is 0.408 e. The van der Waals surface area contributed by atoms with Crippen LogP contribution in [0.2, 0.25) is 0 Å². The van der Waals surface area contributed by atoms with E-state index in [9.17, 15) is 9.90 Å². The number of fused-ring (bicyclic) bond motifs is 1. The van der Waals surface area contributed by atoms with Crippen LogP contribution in [-0.2, 0) is 4.74 Å². The van der Waals surface area contributed by atoms with Crippen molar-refractivity contribution in [2.24, 2.45) is 0 Å². The molecule has 66 valence electrons. The van der Waals surface area contributed by atoms with E-state index in [-0.39, 0.29) is 6.04 Å². The number of ether oxygens (including phenoxy) is 1. The molecule has 1 saturated heterocycles. The number of amides is 1. The van der Waals surface area contributed by atoms with Gasteiger partial charge in [-0.1, -0.05) is 12.2 Å². The summed E-state index contributed by atoms with van der Waals surface area (Å²) < 4.78 is 4.74. The maximum atomic E-state index is 10.7. The topological polar surface area (TPSA) is 78.8 Å². The molecule has 0 unspecified atom stereocenters. The van der Waals surface area contributed by atoms with Gasteiger partial charge in [-0.05, 0) is 0 Å². The van der Waals surface area contributed by atoms with E-state index < -0.39 is 24.4 Å². The van der Waals surface area contributed by atoms with Crippen molar-refractivity contribution in [3.63, 3.8) is 0 Å². The molecule has 1 aliphatic carbocycles. The molecule has 5 heteroatoms. The molecule has 0 saturated carbocycles. The molecular formula is C7H9NO4. The molecule has 0 aromatic rings. The van der Waals surface area contributed by atoms with Crippen molar-refractivity contribution in [3.05, 3.63) is 12.2 Å². The Morgan fingerprint density at radius 2 is 2.17 bits per heavy atom. The van der Waals surface area contributed by atoms with Crippen LogP contribution in [0.25, 0.3) is 0 Å². The van der Waals surface area contributed by atoms with Crippen LogP contribution in [0.15, 0.2) is 12.2 Å². The fourth-order valence-electron chi connectivity index (χ4n) is 1.43. The van der Waals surface area contributed by atoms with E-state index in [2.05, 4.69) is 5.32 Å². The molecule has 0 bridgehead atoms. The number of aliphatic hydroxyl groups excluding tert-OH is 2. The third kappa shape index (κ3) is 0.981. The van der Waals surface area contributed by atoms with Gasteiger partial charge in [-0.25, -0.2) is 4.79 Å². The number of hydrogen-bond donors (Lipinski definition) is 3. The van der Waals surface area contributed by atoms with Gasteiger partial charge >= 0.3 is 6.09 Å². The second kappa shape index (κ2) is 2.46. The maximum Gasteiger partial charge on any atom is 0.408 e. The molecule has 4 atom stereocenters. The minimum Gasteiger partial charge on any atom is -0.441 e. The molecule has 2 aliphatic rings. The Morgan fingerprint density at radius 1 is 1.42 bits per heavy atom. The molecule has 0 spiro atoms. The second-order valence-corrected chi connectivity index (χ2v) is 2.91. The third-order valence-corrected chi connectivity index (χ3v) is 2.08. The highest BCUT2D eigenvalue weighted by Crippen LogP contribution is 2.21. The molecular weight excluding hydrogens is 162 g/mol. The Kier molecular flexibility index (Phi) is 1.55. The predicted molar refractivity (Wildman–Crippen MR) is 38.3 cm³/mol. The van der Waals surface area contributed by atoms with Crippen LogP contribution < -0.4 is 5.32 Å². The van der Waals surface area contributed by atoms with E-state index in [0.717, 1.165) is 0 Å². The number of carbonyl (C=O) groups excluding carboxylic acids is 1. The van der Waals surface area contributed by atoms with E-state index in [4.69, 9.17) is 9.84 Å². The Balaban J connectivity index is 2.21. The summed E-state index contributed by atoms with van der Waals surface area (Å²) in [6.07, 6.45) is -0.119. The molecule has 0 aromatic heterocycles. The second-order valence-electron chi connectivity index (χ2n) is 2.91. The Bertz CT molecular complexity index is 240. The fraction of sp³-hybridized carbons (Fsp3) is 0.571.